The molecule has 1 aliphatic rings. The molecule has 0 amide bonds. The van der Waals surface area contributed by atoms with Crippen molar-refractivity contribution in [2.24, 2.45) is 0 Å². The first kappa shape index (κ1) is 28.1. The van der Waals surface area contributed by atoms with E-state index in [1.807, 2.05) is 0 Å². The van der Waals surface area contributed by atoms with Crippen molar-refractivity contribution < 1.29 is 31.8 Å². The molecule has 11 nitrogen and oxygen atoms in total. The number of anilines is 1. The molecule has 1 fully saturated rings. The quantitative estimate of drug-likeness (QED) is 0.329. The number of aromatic nitrogens is 3. The third kappa shape index (κ3) is 5.48. The van der Waals surface area contributed by atoms with Gasteiger partial charge in [0.05, 0.1) is 31.1 Å². The molecule has 0 saturated carbocycles. The molecule has 4 aromatic rings. The number of piperidine rings is 1. The van der Waals surface area contributed by atoms with E-state index in [-0.39, 0.29) is 36.7 Å². The number of nitriles is 1. The van der Waals surface area contributed by atoms with Crippen LogP contribution in [-0.2, 0) is 15.6 Å². The summed E-state index contributed by atoms with van der Waals surface area (Å²) in [5, 5.41) is 27.4. The summed E-state index contributed by atoms with van der Waals surface area (Å²) < 4.78 is 60.2. The fourth-order valence-corrected chi connectivity index (χ4v) is 6.71. The molecule has 5 rings (SSSR count). The molecular weight excluding hydrogens is 553 g/mol. The first-order valence-corrected chi connectivity index (χ1v) is 14.4. The zero-order valence-electron chi connectivity index (χ0n) is 22.6. The lowest BCUT2D eigenvalue weighted by Crippen LogP contribution is -2.49. The second-order valence-electron chi connectivity index (χ2n) is 9.70. The van der Waals surface area contributed by atoms with E-state index in [0.29, 0.717) is 34.4 Å². The number of aliphatic hydroxyl groups excluding tert-OH is 1. The highest BCUT2D eigenvalue weighted by Crippen LogP contribution is 2.37. The van der Waals surface area contributed by atoms with Gasteiger partial charge in [-0.25, -0.2) is 12.8 Å². The molecule has 2 aromatic carbocycles. The van der Waals surface area contributed by atoms with E-state index in [9.17, 15) is 23.2 Å². The van der Waals surface area contributed by atoms with E-state index >= 15 is 0 Å². The van der Waals surface area contributed by atoms with Gasteiger partial charge in [0.25, 0.3) is 0 Å². The average molecular weight is 582 g/mol. The number of hydrogen-bond donors (Lipinski definition) is 1. The Hall–Kier alpha value is -4.41. The van der Waals surface area contributed by atoms with Crippen LogP contribution in [0.5, 0.6) is 11.5 Å². The number of ether oxygens (including phenoxy) is 2. The molecule has 0 aliphatic carbocycles. The summed E-state index contributed by atoms with van der Waals surface area (Å²) in [4.78, 5) is 1.64. The number of para-hydroxylation sites is 1. The van der Waals surface area contributed by atoms with Crippen LogP contribution in [0.2, 0.25) is 0 Å². The molecule has 214 valence electrons. The van der Waals surface area contributed by atoms with Gasteiger partial charge >= 0.3 is 0 Å². The lowest BCUT2D eigenvalue weighted by Gasteiger charge is -2.36. The Balaban J connectivity index is 1.55. The minimum atomic E-state index is -3.94. The summed E-state index contributed by atoms with van der Waals surface area (Å²) in [5.74, 6) is 0.963. The number of β-amino-alcohol motifs (C(OH)–C–C–N with tert-alkyl or cyclic N) is 1. The molecule has 13 heteroatoms. The Morgan fingerprint density at radius 1 is 1.12 bits per heavy atom. The van der Waals surface area contributed by atoms with Gasteiger partial charge in [-0.1, -0.05) is 6.07 Å². The lowest BCUT2D eigenvalue weighted by atomic mass is 10.1. The van der Waals surface area contributed by atoms with E-state index in [1.54, 1.807) is 52.8 Å². The van der Waals surface area contributed by atoms with Gasteiger partial charge in [0.1, 0.15) is 40.6 Å². The van der Waals surface area contributed by atoms with Crippen LogP contribution in [0.25, 0.3) is 17.3 Å². The number of nitrogens with zero attached hydrogens (tertiary/aromatic N) is 5. The average Bonchev–Trinajstić information content (AvgIpc) is 3.57. The molecule has 1 N–H and O–H groups in total. The topological polar surface area (TPSA) is 144 Å². The molecule has 0 radical (unpaired) electrons. The largest absolute Gasteiger partial charge is 0.494 e. The predicted octanol–water partition coefficient (Wildman–Crippen LogP) is 3.42. The minimum Gasteiger partial charge on any atom is -0.494 e. The molecule has 0 spiro atoms. The highest BCUT2D eigenvalue weighted by molar-refractivity contribution is 7.91. The summed E-state index contributed by atoms with van der Waals surface area (Å²) >= 11 is 0. The van der Waals surface area contributed by atoms with Crippen molar-refractivity contribution >= 4 is 15.5 Å². The summed E-state index contributed by atoms with van der Waals surface area (Å²) in [7, 11) is -0.970. The summed E-state index contributed by atoms with van der Waals surface area (Å²) in [6.07, 6.45) is -0.963. The molecule has 41 heavy (non-hydrogen) atoms. The van der Waals surface area contributed by atoms with Crippen molar-refractivity contribution in [2.75, 3.05) is 32.2 Å². The van der Waals surface area contributed by atoms with Gasteiger partial charge in [-0.05, 0) is 55.8 Å². The number of furan rings is 1. The SMILES string of the molecule is COc1cccc(OC)c1-n1c(CS(=O)(=O)[C@@H]2C[C@H](O)CN(c3ccc(F)c(C#N)c3)C2)nnc1-c1ccc(C)o1. The van der Waals surface area contributed by atoms with Gasteiger partial charge in [0.15, 0.2) is 21.4 Å². The summed E-state index contributed by atoms with van der Waals surface area (Å²) in [6, 6.07) is 14.4. The molecule has 2 aromatic heterocycles. The van der Waals surface area contributed by atoms with E-state index in [0.717, 1.165) is 6.07 Å². The number of aliphatic hydroxyl groups is 1. The van der Waals surface area contributed by atoms with E-state index < -0.39 is 32.8 Å². The second-order valence-corrected chi connectivity index (χ2v) is 12.0. The number of halogens is 1. The molecule has 1 aliphatic heterocycles. The number of methoxy groups -OCH3 is 2. The van der Waals surface area contributed by atoms with Crippen molar-refractivity contribution in [3.05, 3.63) is 71.5 Å². The maximum absolute atomic E-state index is 13.9. The molecule has 0 unspecified atom stereocenters. The highest BCUT2D eigenvalue weighted by atomic mass is 32.2. The summed E-state index contributed by atoms with van der Waals surface area (Å²) in [5.41, 5.74) is 0.679. The number of hydrogen-bond acceptors (Lipinski definition) is 10. The molecular formula is C28H28FN5O6S. The number of rotatable bonds is 8. The fourth-order valence-electron chi connectivity index (χ4n) is 5.00. The van der Waals surface area contributed by atoms with E-state index in [1.165, 1.54) is 26.4 Å². The van der Waals surface area contributed by atoms with Crippen molar-refractivity contribution in [1.29, 1.82) is 5.26 Å². The molecule has 1 saturated heterocycles. The third-order valence-electron chi connectivity index (χ3n) is 6.98. The Kier molecular flexibility index (Phi) is 7.70. The Morgan fingerprint density at radius 2 is 1.85 bits per heavy atom. The Labute approximate surface area is 236 Å². The van der Waals surface area contributed by atoms with Crippen molar-refractivity contribution in [3.8, 4) is 34.8 Å². The monoisotopic (exact) mass is 581 g/mol. The van der Waals surface area contributed by atoms with Crippen LogP contribution >= 0.6 is 0 Å². The number of aryl methyl sites for hydroxylation is 1. The van der Waals surface area contributed by atoms with E-state index in [4.69, 9.17) is 13.9 Å². The first-order chi connectivity index (χ1) is 19.6. The van der Waals surface area contributed by atoms with Crippen LogP contribution < -0.4 is 14.4 Å². The maximum atomic E-state index is 13.9. The highest BCUT2D eigenvalue weighted by Gasteiger charge is 2.37. The number of benzene rings is 2. The minimum absolute atomic E-state index is 0.00148. The third-order valence-corrected chi connectivity index (χ3v) is 9.00. The van der Waals surface area contributed by atoms with Crippen LogP contribution in [0.15, 0.2) is 52.9 Å². The Bertz CT molecular complexity index is 1710. The van der Waals surface area contributed by atoms with Crippen LogP contribution in [0.4, 0.5) is 10.1 Å². The van der Waals surface area contributed by atoms with Gasteiger partial charge in [0, 0.05) is 18.8 Å². The summed E-state index contributed by atoms with van der Waals surface area (Å²) in [6.45, 7) is 1.95. The van der Waals surface area contributed by atoms with Crippen molar-refractivity contribution in [1.82, 2.24) is 14.8 Å². The van der Waals surface area contributed by atoms with Gasteiger partial charge in [0.2, 0.25) is 5.82 Å². The van der Waals surface area contributed by atoms with Crippen LogP contribution in [0, 0.1) is 24.1 Å². The van der Waals surface area contributed by atoms with Crippen LogP contribution in [0.3, 0.4) is 0 Å². The lowest BCUT2D eigenvalue weighted by molar-refractivity contribution is 0.155. The van der Waals surface area contributed by atoms with Gasteiger partial charge in [-0.3, -0.25) is 4.57 Å². The van der Waals surface area contributed by atoms with Crippen molar-refractivity contribution in [2.45, 2.75) is 30.5 Å². The molecule has 2 atom stereocenters. The van der Waals surface area contributed by atoms with Gasteiger partial charge in [-0.2, -0.15) is 5.26 Å². The predicted molar refractivity (Wildman–Crippen MR) is 147 cm³/mol. The normalized spacial score (nSPS) is 17.3. The first-order valence-electron chi connectivity index (χ1n) is 12.7. The van der Waals surface area contributed by atoms with Crippen molar-refractivity contribution in [3.63, 3.8) is 0 Å². The fraction of sp³-hybridized carbons (Fsp3) is 0.321. The van der Waals surface area contributed by atoms with Crippen LogP contribution in [-0.4, -0.2) is 67.0 Å². The van der Waals surface area contributed by atoms with E-state index in [2.05, 4.69) is 10.2 Å². The standard InChI is InChI=1S/C28H28FN5O6S/c1-17-7-10-25(40-17)28-32-31-26(34(28)27-23(38-2)5-4-6-24(27)39-3)16-41(36,37)21-12-20(35)14-33(15-21)19-8-9-22(29)18(11-19)13-30/h4-11,20-21,35H,12,14-16H2,1-3H3/t20-,21+/m0/s1. The zero-order chi connectivity index (χ0) is 29.3. The van der Waals surface area contributed by atoms with Crippen LogP contribution in [0.1, 0.15) is 23.6 Å². The smallest absolute Gasteiger partial charge is 0.204 e. The molecule has 3 heterocycles. The zero-order valence-corrected chi connectivity index (χ0v) is 23.4. The maximum Gasteiger partial charge on any atom is 0.204 e. The molecule has 0 bridgehead atoms. The van der Waals surface area contributed by atoms with Gasteiger partial charge < -0.3 is 23.9 Å². The second kappa shape index (κ2) is 11.2. The van der Waals surface area contributed by atoms with Gasteiger partial charge in [-0.15, -0.1) is 10.2 Å². The Morgan fingerprint density at radius 3 is 2.49 bits per heavy atom. The number of sulfone groups is 1.